The van der Waals surface area contributed by atoms with Gasteiger partial charge in [0, 0.05) is 11.3 Å². The highest BCUT2D eigenvalue weighted by atomic mass is 19.4. The molecule has 1 aliphatic heterocycles. The average molecular weight is 657 g/mol. The van der Waals surface area contributed by atoms with Gasteiger partial charge in [-0.2, -0.15) is 26.3 Å². The molecule has 3 N–H and O–H groups in total. The van der Waals surface area contributed by atoms with Crippen molar-refractivity contribution in [2.24, 2.45) is 0 Å². The first kappa shape index (κ1) is 31.7. The quantitative estimate of drug-likeness (QED) is 0.154. The number of fused-ring (bicyclic) bond motifs is 3. The third-order valence-corrected chi connectivity index (χ3v) is 8.10. The van der Waals surface area contributed by atoms with Gasteiger partial charge in [0.15, 0.2) is 0 Å². The number of carbonyl (C=O) groups excluding carboxylic acids is 2. The van der Waals surface area contributed by atoms with E-state index in [9.17, 15) is 41.0 Å². The Morgan fingerprint density at radius 2 is 1.70 bits per heavy atom. The minimum atomic E-state index is -5.20. The van der Waals surface area contributed by atoms with Crippen molar-refractivity contribution in [2.45, 2.75) is 50.6 Å². The van der Waals surface area contributed by atoms with Gasteiger partial charge in [-0.15, -0.1) is 0 Å². The van der Waals surface area contributed by atoms with E-state index in [2.05, 4.69) is 10.3 Å². The zero-order valence-electron chi connectivity index (χ0n) is 24.4. The molecule has 0 radical (unpaired) electrons. The number of pyridine rings is 1. The van der Waals surface area contributed by atoms with E-state index in [1.54, 1.807) is 41.0 Å². The maximum atomic E-state index is 13.2. The van der Waals surface area contributed by atoms with Crippen molar-refractivity contribution in [1.29, 1.82) is 0 Å². The van der Waals surface area contributed by atoms with Crippen LogP contribution in [-0.2, 0) is 36.8 Å². The predicted molar refractivity (Wildman–Crippen MR) is 158 cm³/mol. The fourth-order valence-corrected chi connectivity index (χ4v) is 5.76. The van der Waals surface area contributed by atoms with Gasteiger partial charge in [-0.1, -0.05) is 24.3 Å². The number of carbonyl (C=O) groups is 2. The van der Waals surface area contributed by atoms with Crippen LogP contribution in [0.2, 0.25) is 0 Å². The summed E-state index contributed by atoms with van der Waals surface area (Å²) in [6.45, 7) is 0.216. The Balaban J connectivity index is 1.28. The highest BCUT2D eigenvalue weighted by Crippen LogP contribution is 2.44. The number of halogens is 6. The molecule has 5 aromatic rings. The van der Waals surface area contributed by atoms with Gasteiger partial charge in [0.05, 0.1) is 46.7 Å². The lowest BCUT2D eigenvalue weighted by molar-refractivity contribution is -0.167. The predicted octanol–water partition coefficient (Wildman–Crippen LogP) is 7.11. The van der Waals surface area contributed by atoms with E-state index >= 15 is 0 Å². The van der Waals surface area contributed by atoms with Gasteiger partial charge in [0.2, 0.25) is 5.88 Å². The van der Waals surface area contributed by atoms with Crippen LogP contribution >= 0.6 is 0 Å². The van der Waals surface area contributed by atoms with Crippen molar-refractivity contribution in [3.05, 3.63) is 112 Å². The summed E-state index contributed by atoms with van der Waals surface area (Å²) in [6.07, 6.45) is -7.06. The van der Waals surface area contributed by atoms with Crippen molar-refractivity contribution in [1.82, 2.24) is 14.9 Å². The number of hydrogen-bond acceptors (Lipinski definition) is 5. The normalized spacial score (nSPS) is 14.7. The number of aromatic hydroxyl groups is 1. The molecule has 1 unspecified atom stereocenters. The number of alkyl halides is 6. The first-order valence-electron chi connectivity index (χ1n) is 14.5. The minimum Gasteiger partial charge on any atom is -0.494 e. The van der Waals surface area contributed by atoms with Gasteiger partial charge < -0.3 is 24.7 Å². The maximum absolute atomic E-state index is 13.2. The van der Waals surface area contributed by atoms with Crippen molar-refractivity contribution in [3.8, 4) is 5.88 Å². The third kappa shape index (κ3) is 6.53. The van der Waals surface area contributed by atoms with E-state index in [0.717, 1.165) is 17.7 Å². The first-order chi connectivity index (χ1) is 22.3. The molecular formula is C33H26F6N4O4. The van der Waals surface area contributed by atoms with Crippen LogP contribution in [-0.4, -0.2) is 32.6 Å². The Morgan fingerprint density at radius 1 is 0.979 bits per heavy atom. The monoisotopic (exact) mass is 656 g/mol. The molecule has 3 aromatic heterocycles. The van der Waals surface area contributed by atoms with Crippen LogP contribution in [0.25, 0.3) is 10.9 Å². The number of aromatic nitrogens is 2. The molecule has 1 aliphatic rings. The summed E-state index contributed by atoms with van der Waals surface area (Å²) in [5, 5.41) is 16.0. The number of nitrogens with zero attached hydrogens (tertiary/aromatic N) is 2. The molecular weight excluding hydrogens is 630 g/mol. The molecule has 0 bridgehead atoms. The van der Waals surface area contributed by atoms with E-state index in [1.807, 2.05) is 5.32 Å². The number of amides is 2. The summed E-state index contributed by atoms with van der Waals surface area (Å²) in [7, 11) is 0. The van der Waals surface area contributed by atoms with E-state index in [1.165, 1.54) is 24.5 Å². The lowest BCUT2D eigenvalue weighted by atomic mass is 10.0. The lowest BCUT2D eigenvalue weighted by Crippen LogP contribution is -2.30. The first-order valence-corrected chi connectivity index (χ1v) is 14.5. The van der Waals surface area contributed by atoms with E-state index in [4.69, 9.17) is 4.42 Å². The molecule has 0 saturated carbocycles. The molecule has 8 nitrogen and oxygen atoms in total. The lowest BCUT2D eigenvalue weighted by Gasteiger charge is -2.16. The third-order valence-electron chi connectivity index (χ3n) is 8.10. The van der Waals surface area contributed by atoms with Gasteiger partial charge >= 0.3 is 18.3 Å². The van der Waals surface area contributed by atoms with Crippen LogP contribution in [0.3, 0.4) is 0 Å². The molecule has 2 aromatic carbocycles. The molecule has 244 valence electrons. The molecule has 47 heavy (non-hydrogen) atoms. The Kier molecular flexibility index (Phi) is 8.20. The van der Waals surface area contributed by atoms with Gasteiger partial charge in [-0.3, -0.25) is 9.59 Å². The van der Waals surface area contributed by atoms with Crippen LogP contribution in [0.4, 0.5) is 32.0 Å². The van der Waals surface area contributed by atoms with Crippen LogP contribution in [0.5, 0.6) is 5.88 Å². The van der Waals surface area contributed by atoms with Crippen molar-refractivity contribution >= 4 is 28.4 Å². The standard InChI is InChI=1S/C33H26F6N4O4/c34-32(35,36)21-10-3-18(4-11-21)5-12-24-25(42-31(46)33(37,38)39)16-23-28(41-24)27-14-13-26(43(27)30(23)45)19-6-8-20(9-7-19)29(44)40-17-22-2-1-15-47-22/h1-4,6-11,15-16,26,45H,5,12-14,17H2,(H,40,44)(H,42,46). The summed E-state index contributed by atoms with van der Waals surface area (Å²) < 4.78 is 85.4. The summed E-state index contributed by atoms with van der Waals surface area (Å²) in [5.74, 6) is -2.19. The van der Waals surface area contributed by atoms with Crippen LogP contribution in [0.1, 0.15) is 56.7 Å². The number of aryl methyl sites for hydroxylation is 3. The van der Waals surface area contributed by atoms with Crippen LogP contribution in [0.15, 0.2) is 77.4 Å². The smallest absolute Gasteiger partial charge is 0.471 e. The molecule has 0 saturated heterocycles. The number of furan rings is 1. The van der Waals surface area contributed by atoms with E-state index < -0.39 is 23.8 Å². The average Bonchev–Trinajstić information content (AvgIpc) is 3.77. The number of nitrogens with one attached hydrogen (secondary N) is 2. The zero-order chi connectivity index (χ0) is 33.5. The Bertz CT molecular complexity index is 1930. The molecule has 0 fully saturated rings. The molecule has 2 amide bonds. The van der Waals surface area contributed by atoms with Gasteiger partial charge in [0.25, 0.3) is 5.91 Å². The molecule has 0 aliphatic carbocycles. The zero-order valence-corrected chi connectivity index (χ0v) is 24.4. The van der Waals surface area contributed by atoms with Gasteiger partial charge in [-0.25, -0.2) is 4.98 Å². The van der Waals surface area contributed by atoms with Crippen molar-refractivity contribution in [3.63, 3.8) is 0 Å². The second-order valence-corrected chi connectivity index (χ2v) is 11.1. The SMILES string of the molecule is O=C(NCc1ccco1)c1ccc(C2CCc3c4nc(CCc5ccc(C(F)(F)F)cc5)c(NC(=O)C(F)(F)F)cc4c(O)n32)cc1. The topological polar surface area (TPSA) is 109 Å². The van der Waals surface area contributed by atoms with Gasteiger partial charge in [0.1, 0.15) is 5.76 Å². The Morgan fingerprint density at radius 3 is 2.34 bits per heavy atom. The Hall–Kier alpha value is -5.27. The number of rotatable bonds is 8. The van der Waals surface area contributed by atoms with Crippen LogP contribution < -0.4 is 10.6 Å². The van der Waals surface area contributed by atoms with Crippen LogP contribution in [0, 0.1) is 0 Å². The van der Waals surface area contributed by atoms with Crippen molar-refractivity contribution < 1.29 is 45.5 Å². The summed E-state index contributed by atoms with van der Waals surface area (Å²) in [6, 6.07) is 15.5. The second kappa shape index (κ2) is 12.2. The molecule has 14 heteroatoms. The maximum Gasteiger partial charge on any atom is 0.471 e. The molecule has 1 atom stereocenters. The number of anilines is 1. The highest BCUT2D eigenvalue weighted by molar-refractivity contribution is 5.99. The van der Waals surface area contributed by atoms with Gasteiger partial charge in [-0.05, 0) is 79.3 Å². The second-order valence-electron chi connectivity index (χ2n) is 11.1. The summed E-state index contributed by atoms with van der Waals surface area (Å²) in [5.41, 5.74) is 1.61. The summed E-state index contributed by atoms with van der Waals surface area (Å²) >= 11 is 0. The molecule has 4 heterocycles. The fraction of sp³-hybridized carbons (Fsp3) is 0.242. The van der Waals surface area contributed by atoms with E-state index in [-0.39, 0.29) is 54.0 Å². The van der Waals surface area contributed by atoms with E-state index in [0.29, 0.717) is 40.9 Å². The molecule has 6 rings (SSSR count). The largest absolute Gasteiger partial charge is 0.494 e. The minimum absolute atomic E-state index is 0.00691. The fourth-order valence-electron chi connectivity index (χ4n) is 5.76. The molecule has 0 spiro atoms. The summed E-state index contributed by atoms with van der Waals surface area (Å²) in [4.78, 5) is 29.1. The Labute approximate surface area is 263 Å². The number of benzene rings is 2. The number of hydrogen-bond donors (Lipinski definition) is 3. The highest BCUT2D eigenvalue weighted by Gasteiger charge is 2.39. The van der Waals surface area contributed by atoms with Crippen molar-refractivity contribution in [2.75, 3.05) is 5.32 Å².